The van der Waals surface area contributed by atoms with Crippen LogP contribution in [0.2, 0.25) is 0 Å². The number of hydrogen-bond donors (Lipinski definition) is 1. The van der Waals surface area contributed by atoms with Gasteiger partial charge >= 0.3 is 0 Å². The Balaban J connectivity index is 2.23. The summed E-state index contributed by atoms with van der Waals surface area (Å²) in [6.07, 6.45) is 0. The summed E-state index contributed by atoms with van der Waals surface area (Å²) in [5.74, 6) is 0.723. The smallest absolute Gasteiger partial charge is 0.129 e. The number of halogens is 1. The van der Waals surface area contributed by atoms with Crippen LogP contribution in [-0.2, 0) is 6.61 Å². The van der Waals surface area contributed by atoms with Crippen LogP contribution in [0.1, 0.15) is 22.9 Å². The maximum atomic E-state index is 8.93. The maximum Gasteiger partial charge on any atom is 0.129 e. The van der Waals surface area contributed by atoms with Crippen LogP contribution in [0.25, 0.3) is 0 Å². The minimum atomic E-state index is 0.493. The first kappa shape index (κ1) is 14.1. The van der Waals surface area contributed by atoms with Crippen LogP contribution in [0.3, 0.4) is 0 Å². The van der Waals surface area contributed by atoms with Gasteiger partial charge in [0.15, 0.2) is 0 Å². The van der Waals surface area contributed by atoms with Crippen molar-refractivity contribution in [2.45, 2.75) is 20.5 Å². The van der Waals surface area contributed by atoms with Crippen LogP contribution in [0, 0.1) is 6.92 Å². The zero-order valence-corrected chi connectivity index (χ0v) is 13.1. The third-order valence-electron chi connectivity index (χ3n) is 2.72. The van der Waals surface area contributed by atoms with E-state index in [2.05, 4.69) is 21.1 Å². The first-order valence-corrected chi connectivity index (χ1v) is 7.43. The van der Waals surface area contributed by atoms with Crippen molar-refractivity contribution in [2.24, 2.45) is 5.16 Å². The van der Waals surface area contributed by atoms with Crippen molar-refractivity contribution < 1.29 is 9.94 Å². The van der Waals surface area contributed by atoms with Gasteiger partial charge in [-0.25, -0.2) is 0 Å². The Morgan fingerprint density at radius 2 is 2.21 bits per heavy atom. The van der Waals surface area contributed by atoms with Gasteiger partial charge in [-0.05, 0) is 53.4 Å². The highest BCUT2D eigenvalue weighted by atomic mass is 79.9. The molecule has 0 aliphatic rings. The molecule has 0 unspecified atom stereocenters. The molecule has 1 aromatic heterocycles. The number of rotatable bonds is 4. The van der Waals surface area contributed by atoms with Crippen molar-refractivity contribution in [3.8, 4) is 5.75 Å². The summed E-state index contributed by atoms with van der Waals surface area (Å²) in [5, 5.41) is 14.2. The Hall–Kier alpha value is -1.33. The fourth-order valence-corrected chi connectivity index (χ4v) is 3.06. The Bertz CT molecular complexity index is 607. The first-order chi connectivity index (χ1) is 9.11. The van der Waals surface area contributed by atoms with E-state index in [1.54, 1.807) is 18.3 Å². The lowest BCUT2D eigenvalue weighted by atomic mass is 10.1. The van der Waals surface area contributed by atoms with Crippen LogP contribution in [-0.4, -0.2) is 10.9 Å². The molecular weight excluding hydrogens is 326 g/mol. The van der Waals surface area contributed by atoms with Crippen LogP contribution < -0.4 is 4.74 Å². The van der Waals surface area contributed by atoms with E-state index in [1.165, 1.54) is 0 Å². The summed E-state index contributed by atoms with van der Waals surface area (Å²) in [5.41, 5.74) is 2.46. The van der Waals surface area contributed by atoms with Gasteiger partial charge in [0, 0.05) is 10.0 Å². The molecule has 0 aliphatic heterocycles. The predicted octanol–water partition coefficient (Wildman–Crippen LogP) is 4.60. The van der Waals surface area contributed by atoms with Crippen LogP contribution in [0.4, 0.5) is 0 Å². The lowest BCUT2D eigenvalue weighted by molar-refractivity contribution is 0.305. The number of oxime groups is 1. The van der Waals surface area contributed by atoms with Crippen LogP contribution in [0.15, 0.2) is 39.3 Å². The minimum Gasteiger partial charge on any atom is -0.487 e. The molecule has 0 saturated heterocycles. The highest BCUT2D eigenvalue weighted by Gasteiger charge is 2.09. The molecule has 0 amide bonds. The van der Waals surface area contributed by atoms with Crippen molar-refractivity contribution in [3.05, 3.63) is 50.1 Å². The number of ether oxygens (including phenoxy) is 1. The van der Waals surface area contributed by atoms with Crippen LogP contribution in [0.5, 0.6) is 5.75 Å². The Kier molecular flexibility index (Phi) is 4.61. The fraction of sp³-hybridized carbons (Fsp3) is 0.214. The van der Waals surface area contributed by atoms with Gasteiger partial charge in [-0.15, -0.1) is 11.3 Å². The van der Waals surface area contributed by atoms with Crippen LogP contribution >= 0.6 is 27.3 Å². The summed E-state index contributed by atoms with van der Waals surface area (Å²) in [7, 11) is 0. The molecule has 0 fully saturated rings. The molecule has 1 aromatic carbocycles. The Labute approximate surface area is 124 Å². The lowest BCUT2D eigenvalue weighted by Gasteiger charge is -2.11. The van der Waals surface area contributed by atoms with E-state index < -0.39 is 0 Å². The van der Waals surface area contributed by atoms with Gasteiger partial charge in [0.1, 0.15) is 12.4 Å². The summed E-state index contributed by atoms with van der Waals surface area (Å²) >= 11 is 5.12. The summed E-state index contributed by atoms with van der Waals surface area (Å²) in [6, 6.07) is 7.83. The van der Waals surface area contributed by atoms with Gasteiger partial charge < -0.3 is 9.94 Å². The number of benzene rings is 1. The predicted molar refractivity (Wildman–Crippen MR) is 81.5 cm³/mol. The zero-order valence-electron chi connectivity index (χ0n) is 10.7. The van der Waals surface area contributed by atoms with Gasteiger partial charge in [-0.2, -0.15) is 0 Å². The second-order valence-corrected chi connectivity index (χ2v) is 6.02. The van der Waals surface area contributed by atoms with Crippen molar-refractivity contribution in [1.82, 2.24) is 0 Å². The van der Waals surface area contributed by atoms with E-state index >= 15 is 0 Å². The van der Waals surface area contributed by atoms with Crippen molar-refractivity contribution in [3.63, 3.8) is 0 Å². The Morgan fingerprint density at radius 1 is 1.42 bits per heavy atom. The second kappa shape index (κ2) is 6.21. The lowest BCUT2D eigenvalue weighted by Crippen LogP contribution is -2.02. The van der Waals surface area contributed by atoms with Gasteiger partial charge in [0.05, 0.1) is 10.6 Å². The standard InChI is InChI=1S/C14H14BrNO2S/c1-9-3-4-13(11(7-9)10(2)16-17)18-8-14-12(15)5-6-19-14/h3-7,17H,8H2,1-2H3. The number of nitrogens with zero attached hydrogens (tertiary/aromatic N) is 1. The number of aryl methyl sites for hydroxylation is 1. The van der Waals surface area contributed by atoms with E-state index in [4.69, 9.17) is 9.94 Å². The first-order valence-electron chi connectivity index (χ1n) is 5.76. The third kappa shape index (κ3) is 3.36. The summed E-state index contributed by atoms with van der Waals surface area (Å²) < 4.78 is 6.88. The monoisotopic (exact) mass is 339 g/mol. The molecule has 0 aliphatic carbocycles. The molecule has 0 atom stereocenters. The molecule has 100 valence electrons. The molecule has 5 heteroatoms. The number of hydrogen-bond acceptors (Lipinski definition) is 4. The van der Waals surface area contributed by atoms with E-state index in [0.29, 0.717) is 12.3 Å². The molecular formula is C14H14BrNO2S. The SMILES string of the molecule is CC(=NO)c1cc(C)ccc1OCc1sccc1Br. The molecule has 0 bridgehead atoms. The molecule has 3 nitrogen and oxygen atoms in total. The minimum absolute atomic E-state index is 0.493. The molecule has 2 rings (SSSR count). The highest BCUT2D eigenvalue weighted by Crippen LogP contribution is 2.26. The Morgan fingerprint density at radius 3 is 2.84 bits per heavy atom. The van der Waals surface area contributed by atoms with Gasteiger partial charge in [0.25, 0.3) is 0 Å². The maximum absolute atomic E-state index is 8.93. The molecule has 0 saturated carbocycles. The topological polar surface area (TPSA) is 41.8 Å². The quantitative estimate of drug-likeness (QED) is 0.502. The van der Waals surface area contributed by atoms with Gasteiger partial charge in [-0.3, -0.25) is 0 Å². The third-order valence-corrected chi connectivity index (χ3v) is 4.62. The normalized spacial score (nSPS) is 11.6. The van der Waals surface area contributed by atoms with Crippen molar-refractivity contribution in [2.75, 3.05) is 0 Å². The van der Waals surface area contributed by atoms with Gasteiger partial charge in [0.2, 0.25) is 0 Å². The highest BCUT2D eigenvalue weighted by molar-refractivity contribution is 9.10. The fourth-order valence-electron chi connectivity index (χ4n) is 1.68. The molecule has 19 heavy (non-hydrogen) atoms. The second-order valence-electron chi connectivity index (χ2n) is 4.17. The summed E-state index contributed by atoms with van der Waals surface area (Å²) in [6.45, 7) is 4.24. The zero-order chi connectivity index (χ0) is 13.8. The molecule has 1 N–H and O–H groups in total. The average molecular weight is 340 g/mol. The van der Waals surface area contributed by atoms with Crippen molar-refractivity contribution >= 4 is 33.0 Å². The number of thiophene rings is 1. The molecule has 2 aromatic rings. The molecule has 0 spiro atoms. The van der Waals surface area contributed by atoms with Gasteiger partial charge in [-0.1, -0.05) is 16.8 Å². The molecule has 0 radical (unpaired) electrons. The molecule has 1 heterocycles. The van der Waals surface area contributed by atoms with E-state index in [9.17, 15) is 0 Å². The van der Waals surface area contributed by atoms with Crippen molar-refractivity contribution in [1.29, 1.82) is 0 Å². The van der Waals surface area contributed by atoms with E-state index in [1.807, 2.05) is 36.6 Å². The summed E-state index contributed by atoms with van der Waals surface area (Å²) in [4.78, 5) is 1.13. The largest absolute Gasteiger partial charge is 0.487 e. The average Bonchev–Trinajstić information content (AvgIpc) is 2.82. The van der Waals surface area contributed by atoms with E-state index in [0.717, 1.165) is 26.2 Å². The van der Waals surface area contributed by atoms with E-state index in [-0.39, 0.29) is 0 Å².